The van der Waals surface area contributed by atoms with Crippen LogP contribution in [0.4, 0.5) is 0 Å². The minimum atomic E-state index is -0.726. The Balaban J connectivity index is 1.81. The summed E-state index contributed by atoms with van der Waals surface area (Å²) >= 11 is 0. The van der Waals surface area contributed by atoms with E-state index in [4.69, 9.17) is 9.84 Å². The van der Waals surface area contributed by atoms with Gasteiger partial charge in [-0.2, -0.15) is 0 Å². The number of carboxylic acids is 1. The van der Waals surface area contributed by atoms with Crippen LogP contribution >= 0.6 is 0 Å². The fraction of sp³-hybridized carbons (Fsp3) is 0.667. The Hall–Kier alpha value is -1.39. The van der Waals surface area contributed by atoms with Gasteiger partial charge in [-0.15, -0.1) is 0 Å². The molecular formula is C21H32O4. The molecule has 140 valence electrons. The lowest BCUT2D eigenvalue weighted by atomic mass is 9.84. The van der Waals surface area contributed by atoms with Gasteiger partial charge in [0.15, 0.2) is 0 Å². The minimum Gasteiger partial charge on any atom is -0.481 e. The number of rotatable bonds is 11. The maximum absolute atomic E-state index is 10.5. The number of hydrogen-bond acceptors (Lipinski definition) is 3. The fourth-order valence-electron chi connectivity index (χ4n) is 3.93. The summed E-state index contributed by atoms with van der Waals surface area (Å²) in [6.07, 6.45) is 18.0. The van der Waals surface area contributed by atoms with Crippen molar-refractivity contribution in [3.8, 4) is 0 Å². The lowest BCUT2D eigenvalue weighted by Crippen LogP contribution is -2.27. The third-order valence-electron chi connectivity index (χ3n) is 5.26. The second-order valence-electron chi connectivity index (χ2n) is 7.17. The van der Waals surface area contributed by atoms with Crippen molar-refractivity contribution in [3.05, 3.63) is 36.5 Å². The first kappa shape index (κ1) is 19.9. The van der Waals surface area contributed by atoms with Crippen LogP contribution in [0.3, 0.4) is 0 Å². The molecule has 0 aromatic carbocycles. The lowest BCUT2D eigenvalue weighted by molar-refractivity contribution is -0.137. The average molecular weight is 348 g/mol. The van der Waals surface area contributed by atoms with Crippen molar-refractivity contribution < 1.29 is 19.7 Å². The zero-order valence-electron chi connectivity index (χ0n) is 15.2. The number of aliphatic hydroxyl groups excluding tert-OH is 1. The molecule has 0 aromatic heterocycles. The van der Waals surface area contributed by atoms with Crippen molar-refractivity contribution in [3.63, 3.8) is 0 Å². The van der Waals surface area contributed by atoms with Crippen LogP contribution in [0, 0.1) is 17.8 Å². The molecule has 4 nitrogen and oxygen atoms in total. The normalized spacial score (nSPS) is 30.2. The molecule has 2 aliphatic rings. The summed E-state index contributed by atoms with van der Waals surface area (Å²) in [6.45, 7) is 2.94. The van der Waals surface area contributed by atoms with Crippen molar-refractivity contribution in [2.75, 3.05) is 6.61 Å². The van der Waals surface area contributed by atoms with E-state index in [9.17, 15) is 9.90 Å². The number of unbranched alkanes of at least 4 members (excludes halogenated alkanes) is 1. The molecule has 1 saturated heterocycles. The molecule has 2 N–H and O–H groups in total. The number of aliphatic carboxylic acids is 1. The minimum absolute atomic E-state index is 0.238. The summed E-state index contributed by atoms with van der Waals surface area (Å²) in [7, 11) is 0. The molecule has 0 amide bonds. The summed E-state index contributed by atoms with van der Waals surface area (Å²) in [5.74, 6) is 0.841. The highest BCUT2D eigenvalue weighted by molar-refractivity contribution is 5.66. The Morgan fingerprint density at radius 3 is 2.88 bits per heavy atom. The highest BCUT2D eigenvalue weighted by Crippen LogP contribution is 2.47. The number of allylic oxidation sites excluding steroid dienone is 3. The van der Waals surface area contributed by atoms with E-state index in [1.54, 1.807) is 0 Å². The molecule has 0 unspecified atom stereocenters. The summed E-state index contributed by atoms with van der Waals surface area (Å²) in [4.78, 5) is 10.5. The predicted molar refractivity (Wildman–Crippen MR) is 99.3 cm³/mol. The van der Waals surface area contributed by atoms with Crippen molar-refractivity contribution in [1.29, 1.82) is 0 Å². The Morgan fingerprint density at radius 2 is 2.12 bits per heavy atom. The largest absolute Gasteiger partial charge is 0.481 e. The van der Waals surface area contributed by atoms with Crippen LogP contribution in [0.15, 0.2) is 36.5 Å². The molecule has 0 aromatic rings. The number of ether oxygens (including phenoxy) is 1. The summed E-state index contributed by atoms with van der Waals surface area (Å²) in [6, 6.07) is 0. The van der Waals surface area contributed by atoms with Crippen molar-refractivity contribution >= 4 is 5.97 Å². The topological polar surface area (TPSA) is 66.8 Å². The highest BCUT2D eigenvalue weighted by atomic mass is 16.5. The number of carbonyl (C=O) groups is 1. The van der Waals surface area contributed by atoms with Gasteiger partial charge in [0.25, 0.3) is 0 Å². The SMILES string of the molecule is CC/C=C\C[C@H](O)/C=C/[C@H]1[C@@H](C/C=C\CCCC(=O)O)[C@H]2CO[C@@H]1C2. The van der Waals surface area contributed by atoms with Crippen LogP contribution in [0.25, 0.3) is 0 Å². The van der Waals surface area contributed by atoms with Gasteiger partial charge >= 0.3 is 5.97 Å². The van der Waals surface area contributed by atoms with Crippen molar-refractivity contribution in [2.45, 2.75) is 64.1 Å². The molecule has 5 atom stereocenters. The van der Waals surface area contributed by atoms with E-state index < -0.39 is 12.1 Å². The van der Waals surface area contributed by atoms with E-state index in [-0.39, 0.29) is 6.42 Å². The summed E-state index contributed by atoms with van der Waals surface area (Å²) < 4.78 is 5.86. The van der Waals surface area contributed by atoms with E-state index >= 15 is 0 Å². The maximum Gasteiger partial charge on any atom is 0.303 e. The Bertz CT molecular complexity index is 494. The molecule has 1 aliphatic carbocycles. The molecule has 1 saturated carbocycles. The fourth-order valence-corrected chi connectivity index (χ4v) is 3.93. The molecule has 25 heavy (non-hydrogen) atoms. The summed E-state index contributed by atoms with van der Waals surface area (Å²) in [5.41, 5.74) is 0. The zero-order chi connectivity index (χ0) is 18.1. The Morgan fingerprint density at radius 1 is 1.28 bits per heavy atom. The van der Waals surface area contributed by atoms with Crippen LogP contribution in [0.5, 0.6) is 0 Å². The number of aliphatic hydroxyl groups is 1. The quantitative estimate of drug-likeness (QED) is 0.435. The molecular weight excluding hydrogens is 316 g/mol. The van der Waals surface area contributed by atoms with E-state index in [1.807, 2.05) is 12.2 Å². The molecule has 4 heteroatoms. The third kappa shape index (κ3) is 6.44. The first-order valence-electron chi connectivity index (χ1n) is 9.61. The van der Waals surface area contributed by atoms with Gasteiger partial charge in [-0.3, -0.25) is 4.79 Å². The van der Waals surface area contributed by atoms with Crippen LogP contribution < -0.4 is 0 Å². The van der Waals surface area contributed by atoms with Gasteiger partial charge in [-0.1, -0.05) is 43.4 Å². The maximum atomic E-state index is 10.5. The average Bonchev–Trinajstić information content (AvgIpc) is 3.17. The molecule has 2 bridgehead atoms. The number of carboxylic acid groups (broad SMARTS) is 1. The first-order valence-corrected chi connectivity index (χ1v) is 9.61. The first-order chi connectivity index (χ1) is 12.1. The number of hydrogen-bond donors (Lipinski definition) is 2. The zero-order valence-corrected chi connectivity index (χ0v) is 15.2. The molecule has 0 spiro atoms. The smallest absolute Gasteiger partial charge is 0.303 e. The molecule has 0 radical (unpaired) electrons. The van der Waals surface area contributed by atoms with Gasteiger partial charge in [0.1, 0.15) is 0 Å². The molecule has 2 rings (SSSR count). The van der Waals surface area contributed by atoms with Gasteiger partial charge in [0, 0.05) is 12.3 Å². The second kappa shape index (κ2) is 10.6. The van der Waals surface area contributed by atoms with Gasteiger partial charge in [-0.05, 0) is 50.4 Å². The molecule has 2 fully saturated rings. The van der Waals surface area contributed by atoms with Gasteiger partial charge in [0.05, 0.1) is 18.8 Å². The van der Waals surface area contributed by atoms with E-state index in [0.717, 1.165) is 32.3 Å². The van der Waals surface area contributed by atoms with Crippen LogP contribution in [0.2, 0.25) is 0 Å². The monoisotopic (exact) mass is 348 g/mol. The highest BCUT2D eigenvalue weighted by Gasteiger charge is 2.46. The van der Waals surface area contributed by atoms with Gasteiger partial charge in [-0.25, -0.2) is 0 Å². The summed E-state index contributed by atoms with van der Waals surface area (Å²) in [5, 5.41) is 18.7. The molecule has 1 heterocycles. The Labute approximate surface area is 151 Å². The van der Waals surface area contributed by atoms with E-state index in [2.05, 4.69) is 31.2 Å². The lowest BCUT2D eigenvalue weighted by Gasteiger charge is -2.28. The number of fused-ring (bicyclic) bond motifs is 2. The Kier molecular flexibility index (Phi) is 8.42. The van der Waals surface area contributed by atoms with E-state index in [1.165, 1.54) is 0 Å². The van der Waals surface area contributed by atoms with Crippen molar-refractivity contribution in [2.24, 2.45) is 17.8 Å². The van der Waals surface area contributed by atoms with Gasteiger partial charge < -0.3 is 14.9 Å². The third-order valence-corrected chi connectivity index (χ3v) is 5.26. The standard InChI is InChI=1S/C21H32O4/c1-2-3-6-9-17(22)12-13-19-18(16-14-20(19)25-15-16)10-7-4-5-8-11-21(23)24/h3-4,6-7,12-13,16-20,22H,2,5,8-11,14-15H2,1H3,(H,23,24)/b6-3-,7-4-,13-12+/t16-,17+,18+,19+,20-/m1/s1. The van der Waals surface area contributed by atoms with Crippen LogP contribution in [0.1, 0.15) is 51.9 Å². The van der Waals surface area contributed by atoms with Gasteiger partial charge in [0.2, 0.25) is 0 Å². The molecule has 1 aliphatic heterocycles. The van der Waals surface area contributed by atoms with E-state index in [0.29, 0.717) is 36.7 Å². The predicted octanol–water partition coefficient (Wildman–Crippen LogP) is 4.11. The van der Waals surface area contributed by atoms with Crippen LogP contribution in [-0.2, 0) is 9.53 Å². The van der Waals surface area contributed by atoms with Crippen LogP contribution in [-0.4, -0.2) is 35.0 Å². The second-order valence-corrected chi connectivity index (χ2v) is 7.17. The van der Waals surface area contributed by atoms with Crippen molar-refractivity contribution in [1.82, 2.24) is 0 Å².